The molecule has 0 atom stereocenters. The summed E-state index contributed by atoms with van der Waals surface area (Å²) in [5.41, 5.74) is 9.95. The molecule has 100 valence electrons. The first-order valence-corrected chi connectivity index (χ1v) is 6.52. The molecule has 3 nitrogen and oxygen atoms in total. The predicted octanol–water partition coefficient (Wildman–Crippen LogP) is 3.97. The topological polar surface area (TPSA) is 47.3 Å². The van der Waals surface area contributed by atoms with Crippen LogP contribution in [0.25, 0.3) is 0 Å². The highest BCUT2D eigenvalue weighted by Crippen LogP contribution is 2.27. The first-order valence-electron chi connectivity index (χ1n) is 6.52. The van der Waals surface area contributed by atoms with Crippen LogP contribution >= 0.6 is 0 Å². The zero-order valence-electron chi connectivity index (χ0n) is 11.4. The Bertz CT molecular complexity index is 535. The first-order chi connectivity index (χ1) is 9.22. The van der Waals surface area contributed by atoms with Crippen molar-refractivity contribution < 1.29 is 4.74 Å². The number of benzene rings is 2. The summed E-state index contributed by atoms with van der Waals surface area (Å²) in [5.74, 6) is 0.765. The molecule has 0 amide bonds. The van der Waals surface area contributed by atoms with E-state index in [1.54, 1.807) is 7.11 Å². The molecule has 0 heterocycles. The highest BCUT2D eigenvalue weighted by molar-refractivity contribution is 5.73. The van der Waals surface area contributed by atoms with Gasteiger partial charge in [0.05, 0.1) is 18.5 Å². The molecule has 0 aliphatic carbocycles. The number of methoxy groups -OCH3 is 1. The molecule has 2 aromatic carbocycles. The number of nitrogen functional groups attached to an aromatic ring is 1. The van der Waals surface area contributed by atoms with Crippen molar-refractivity contribution >= 4 is 17.1 Å². The average molecular weight is 256 g/mol. The Morgan fingerprint density at radius 3 is 2.42 bits per heavy atom. The maximum Gasteiger partial charge on any atom is 0.121 e. The van der Waals surface area contributed by atoms with Crippen molar-refractivity contribution in [3.63, 3.8) is 0 Å². The molecule has 2 rings (SSSR count). The van der Waals surface area contributed by atoms with Gasteiger partial charge >= 0.3 is 0 Å². The lowest BCUT2D eigenvalue weighted by molar-refractivity contribution is 0.415. The third-order valence-corrected chi connectivity index (χ3v) is 3.03. The van der Waals surface area contributed by atoms with E-state index in [4.69, 9.17) is 10.5 Å². The molecule has 3 N–H and O–H groups in total. The molecule has 0 saturated carbocycles. The fourth-order valence-corrected chi connectivity index (χ4v) is 1.98. The van der Waals surface area contributed by atoms with E-state index in [1.165, 1.54) is 5.56 Å². The lowest BCUT2D eigenvalue weighted by Crippen LogP contribution is -1.97. The van der Waals surface area contributed by atoms with Gasteiger partial charge in [0.15, 0.2) is 0 Å². The minimum absolute atomic E-state index is 0.678. The number of anilines is 3. The quantitative estimate of drug-likeness (QED) is 0.796. The van der Waals surface area contributed by atoms with Crippen LogP contribution in [0, 0.1) is 0 Å². The Kier molecular flexibility index (Phi) is 4.29. The molecule has 0 spiro atoms. The number of hydrogen-bond donors (Lipinski definition) is 2. The predicted molar refractivity (Wildman–Crippen MR) is 81.1 cm³/mol. The molecule has 0 aliphatic rings. The molecule has 0 fully saturated rings. The van der Waals surface area contributed by atoms with Crippen molar-refractivity contribution in [3.05, 3.63) is 48.0 Å². The van der Waals surface area contributed by atoms with Gasteiger partial charge in [0, 0.05) is 11.8 Å². The fraction of sp³-hybridized carbons (Fsp3) is 0.250. The summed E-state index contributed by atoms with van der Waals surface area (Å²) < 4.78 is 5.14. The van der Waals surface area contributed by atoms with Crippen molar-refractivity contribution in [1.29, 1.82) is 0 Å². The van der Waals surface area contributed by atoms with Crippen LogP contribution in [0.5, 0.6) is 5.75 Å². The first kappa shape index (κ1) is 13.3. The Morgan fingerprint density at radius 2 is 1.84 bits per heavy atom. The molecular formula is C16H20N2O. The van der Waals surface area contributed by atoms with Crippen LogP contribution < -0.4 is 15.8 Å². The second-order valence-electron chi connectivity index (χ2n) is 4.53. The molecular weight excluding hydrogens is 236 g/mol. The van der Waals surface area contributed by atoms with Crippen LogP contribution in [0.4, 0.5) is 17.1 Å². The Balaban J connectivity index is 2.12. The van der Waals surface area contributed by atoms with Crippen LogP contribution in [-0.4, -0.2) is 7.11 Å². The summed E-state index contributed by atoms with van der Waals surface area (Å²) in [6.07, 6.45) is 2.28. The molecule has 3 heteroatoms. The lowest BCUT2D eigenvalue weighted by atomic mass is 10.1. The van der Waals surface area contributed by atoms with E-state index in [0.717, 1.165) is 30.0 Å². The summed E-state index contributed by atoms with van der Waals surface area (Å²) in [4.78, 5) is 0. The number of hydrogen-bond acceptors (Lipinski definition) is 3. The minimum Gasteiger partial charge on any atom is -0.497 e. The van der Waals surface area contributed by atoms with Gasteiger partial charge < -0.3 is 15.8 Å². The standard InChI is InChI=1S/C16H20N2O/c1-3-4-12-5-7-13(8-6-12)18-16-10-9-14(19-2)11-15(16)17/h5-11,18H,3-4,17H2,1-2H3. The zero-order chi connectivity index (χ0) is 13.7. The molecule has 0 aliphatic heterocycles. The summed E-state index contributed by atoms with van der Waals surface area (Å²) >= 11 is 0. The maximum atomic E-state index is 5.98. The fourth-order valence-electron chi connectivity index (χ4n) is 1.98. The number of nitrogens with one attached hydrogen (secondary N) is 1. The number of ether oxygens (including phenoxy) is 1. The largest absolute Gasteiger partial charge is 0.497 e. The van der Waals surface area contributed by atoms with Gasteiger partial charge in [-0.25, -0.2) is 0 Å². The number of rotatable bonds is 5. The molecule has 2 aromatic rings. The van der Waals surface area contributed by atoms with Crippen molar-refractivity contribution in [3.8, 4) is 5.75 Å². The van der Waals surface area contributed by atoms with Crippen LogP contribution in [0.1, 0.15) is 18.9 Å². The van der Waals surface area contributed by atoms with Crippen LogP contribution in [0.2, 0.25) is 0 Å². The molecule has 19 heavy (non-hydrogen) atoms. The van der Waals surface area contributed by atoms with Gasteiger partial charge in [-0.2, -0.15) is 0 Å². The Hall–Kier alpha value is -2.16. The van der Waals surface area contributed by atoms with Gasteiger partial charge in [0.1, 0.15) is 5.75 Å². The zero-order valence-corrected chi connectivity index (χ0v) is 11.4. The minimum atomic E-state index is 0.678. The van der Waals surface area contributed by atoms with E-state index in [1.807, 2.05) is 18.2 Å². The lowest BCUT2D eigenvalue weighted by Gasteiger charge is -2.11. The summed E-state index contributed by atoms with van der Waals surface area (Å²) in [6, 6.07) is 14.1. The molecule has 0 bridgehead atoms. The van der Waals surface area contributed by atoms with E-state index >= 15 is 0 Å². The molecule has 0 radical (unpaired) electrons. The monoisotopic (exact) mass is 256 g/mol. The number of aryl methyl sites for hydroxylation is 1. The van der Waals surface area contributed by atoms with Crippen molar-refractivity contribution in [2.75, 3.05) is 18.2 Å². The Labute approximate surface area is 114 Å². The summed E-state index contributed by atoms with van der Waals surface area (Å²) in [7, 11) is 1.63. The van der Waals surface area contributed by atoms with E-state index in [9.17, 15) is 0 Å². The second-order valence-corrected chi connectivity index (χ2v) is 4.53. The second kappa shape index (κ2) is 6.14. The average Bonchev–Trinajstić information content (AvgIpc) is 2.43. The maximum absolute atomic E-state index is 5.98. The number of nitrogens with two attached hydrogens (primary N) is 1. The normalized spacial score (nSPS) is 10.2. The molecule has 0 aromatic heterocycles. The van der Waals surface area contributed by atoms with E-state index in [-0.39, 0.29) is 0 Å². The third-order valence-electron chi connectivity index (χ3n) is 3.03. The van der Waals surface area contributed by atoms with Gasteiger partial charge in [-0.05, 0) is 36.2 Å². The van der Waals surface area contributed by atoms with Gasteiger partial charge in [-0.1, -0.05) is 25.5 Å². The van der Waals surface area contributed by atoms with Gasteiger partial charge in [-0.3, -0.25) is 0 Å². The third kappa shape index (κ3) is 3.41. The van der Waals surface area contributed by atoms with Gasteiger partial charge in [-0.15, -0.1) is 0 Å². The van der Waals surface area contributed by atoms with Gasteiger partial charge in [0.2, 0.25) is 0 Å². The van der Waals surface area contributed by atoms with E-state index < -0.39 is 0 Å². The summed E-state index contributed by atoms with van der Waals surface area (Å²) in [6.45, 7) is 2.18. The SMILES string of the molecule is CCCc1ccc(Nc2ccc(OC)cc2N)cc1. The summed E-state index contributed by atoms with van der Waals surface area (Å²) in [5, 5.41) is 3.31. The Morgan fingerprint density at radius 1 is 1.11 bits per heavy atom. The molecule has 0 saturated heterocycles. The van der Waals surface area contributed by atoms with Gasteiger partial charge in [0.25, 0.3) is 0 Å². The van der Waals surface area contributed by atoms with Crippen LogP contribution in [-0.2, 0) is 6.42 Å². The van der Waals surface area contributed by atoms with Crippen LogP contribution in [0.3, 0.4) is 0 Å². The van der Waals surface area contributed by atoms with E-state index in [0.29, 0.717) is 5.69 Å². The van der Waals surface area contributed by atoms with E-state index in [2.05, 4.69) is 36.5 Å². The van der Waals surface area contributed by atoms with Crippen LogP contribution in [0.15, 0.2) is 42.5 Å². The highest BCUT2D eigenvalue weighted by Gasteiger charge is 2.02. The highest BCUT2D eigenvalue weighted by atomic mass is 16.5. The molecule has 0 unspecified atom stereocenters. The van der Waals surface area contributed by atoms with Crippen molar-refractivity contribution in [2.45, 2.75) is 19.8 Å². The van der Waals surface area contributed by atoms with Crippen molar-refractivity contribution in [2.24, 2.45) is 0 Å². The smallest absolute Gasteiger partial charge is 0.121 e. The van der Waals surface area contributed by atoms with Crippen molar-refractivity contribution in [1.82, 2.24) is 0 Å².